The Bertz CT molecular complexity index is 507. The summed E-state index contributed by atoms with van der Waals surface area (Å²) in [6, 6.07) is 0. The fraction of sp³-hybridized carbons (Fsp3) is 0.500. The molecule has 2 aromatic rings. The molecule has 0 spiro atoms. The minimum atomic E-state index is -4.08. The van der Waals surface area contributed by atoms with Crippen molar-refractivity contribution in [1.29, 1.82) is 0 Å². The number of anilines is 1. The first kappa shape index (κ1) is 12.6. The van der Waals surface area contributed by atoms with E-state index in [1.807, 2.05) is 0 Å². The fourth-order valence-corrected chi connectivity index (χ4v) is 1.54. The van der Waals surface area contributed by atoms with Gasteiger partial charge in [0.25, 0.3) is 0 Å². The average molecular weight is 259 g/mol. The Balaban J connectivity index is 1.82. The number of hydrogen-bond acceptors (Lipinski definition) is 4. The maximum atomic E-state index is 11.9. The Hall–Kier alpha value is -1.86. The highest BCUT2D eigenvalue weighted by Crippen LogP contribution is 2.22. The molecule has 0 aliphatic rings. The van der Waals surface area contributed by atoms with Gasteiger partial charge in [-0.25, -0.2) is 4.98 Å². The summed E-state index contributed by atoms with van der Waals surface area (Å²) in [5, 5.41) is 10.5. The van der Waals surface area contributed by atoms with Crippen LogP contribution in [0.25, 0.3) is 5.65 Å². The zero-order chi connectivity index (χ0) is 13.0. The molecular weight excluding hydrogens is 247 g/mol. The van der Waals surface area contributed by atoms with Gasteiger partial charge < -0.3 is 5.32 Å². The van der Waals surface area contributed by atoms with Crippen LogP contribution in [0.4, 0.5) is 19.0 Å². The second-order valence-corrected chi connectivity index (χ2v) is 3.84. The summed E-state index contributed by atoms with van der Waals surface area (Å²) in [4.78, 5) is 4.07. The smallest absolute Gasteiger partial charge is 0.367 e. The van der Waals surface area contributed by atoms with E-state index in [-0.39, 0.29) is 6.42 Å². The molecule has 2 rings (SSSR count). The van der Waals surface area contributed by atoms with Crippen molar-refractivity contribution in [2.75, 3.05) is 11.9 Å². The number of hydrogen-bond donors (Lipinski definition) is 1. The number of alkyl halides is 3. The highest BCUT2D eigenvalue weighted by molar-refractivity contribution is 5.61. The highest BCUT2D eigenvalue weighted by atomic mass is 19.4. The molecule has 0 radical (unpaired) electrons. The third-order valence-electron chi connectivity index (χ3n) is 2.40. The predicted octanol–water partition coefficient (Wildman–Crippen LogP) is 2.27. The van der Waals surface area contributed by atoms with Crippen molar-refractivity contribution in [2.24, 2.45) is 0 Å². The van der Waals surface area contributed by atoms with Gasteiger partial charge in [-0.1, -0.05) is 0 Å². The van der Waals surface area contributed by atoms with Gasteiger partial charge in [0.1, 0.15) is 6.33 Å². The topological polar surface area (TPSA) is 55.1 Å². The van der Waals surface area contributed by atoms with Crippen LogP contribution in [0.1, 0.15) is 19.3 Å². The van der Waals surface area contributed by atoms with Crippen molar-refractivity contribution in [3.8, 4) is 0 Å². The second kappa shape index (κ2) is 5.19. The van der Waals surface area contributed by atoms with Crippen LogP contribution < -0.4 is 5.32 Å². The lowest BCUT2D eigenvalue weighted by Gasteiger charge is -2.07. The molecule has 98 valence electrons. The van der Waals surface area contributed by atoms with Gasteiger partial charge in [0.2, 0.25) is 5.65 Å². The van der Waals surface area contributed by atoms with Crippen LogP contribution >= 0.6 is 0 Å². The molecule has 0 amide bonds. The molecule has 0 unspecified atom stereocenters. The average Bonchev–Trinajstić information content (AvgIpc) is 2.75. The number of aromatic nitrogens is 4. The molecule has 8 heteroatoms. The summed E-state index contributed by atoms with van der Waals surface area (Å²) in [5.74, 6) is 0.530. The lowest BCUT2D eigenvalue weighted by molar-refractivity contribution is -0.135. The van der Waals surface area contributed by atoms with E-state index in [1.54, 1.807) is 16.8 Å². The Morgan fingerprint density at radius 1 is 1.28 bits per heavy atom. The molecule has 0 fully saturated rings. The Labute approximate surface area is 101 Å². The Morgan fingerprint density at radius 3 is 2.89 bits per heavy atom. The summed E-state index contributed by atoms with van der Waals surface area (Å²) in [6.45, 7) is 0.426. The molecule has 18 heavy (non-hydrogen) atoms. The lowest BCUT2D eigenvalue weighted by Crippen LogP contribution is -2.09. The number of rotatable bonds is 5. The monoisotopic (exact) mass is 259 g/mol. The van der Waals surface area contributed by atoms with Gasteiger partial charge in [-0.2, -0.15) is 13.2 Å². The molecule has 2 heterocycles. The van der Waals surface area contributed by atoms with Crippen LogP contribution in [-0.4, -0.2) is 32.3 Å². The molecule has 0 aliphatic heterocycles. The molecule has 0 saturated heterocycles. The molecule has 0 bridgehead atoms. The first-order chi connectivity index (χ1) is 8.56. The predicted molar refractivity (Wildman–Crippen MR) is 59.2 cm³/mol. The van der Waals surface area contributed by atoms with Crippen molar-refractivity contribution in [3.05, 3.63) is 18.7 Å². The van der Waals surface area contributed by atoms with E-state index >= 15 is 0 Å². The zero-order valence-electron chi connectivity index (χ0n) is 9.48. The van der Waals surface area contributed by atoms with Crippen molar-refractivity contribution in [2.45, 2.75) is 25.4 Å². The molecule has 0 saturated carbocycles. The van der Waals surface area contributed by atoms with Crippen molar-refractivity contribution < 1.29 is 13.2 Å². The van der Waals surface area contributed by atoms with E-state index < -0.39 is 12.6 Å². The minimum absolute atomic E-state index is 0.103. The summed E-state index contributed by atoms with van der Waals surface area (Å²) in [5.41, 5.74) is 0.563. The maximum Gasteiger partial charge on any atom is 0.389 e. The number of fused-ring (bicyclic) bond motifs is 1. The number of nitrogens with one attached hydrogen (secondary N) is 1. The van der Waals surface area contributed by atoms with Gasteiger partial charge in [-0.3, -0.25) is 4.40 Å². The van der Waals surface area contributed by atoms with E-state index in [2.05, 4.69) is 20.5 Å². The van der Waals surface area contributed by atoms with E-state index in [0.29, 0.717) is 24.4 Å². The van der Waals surface area contributed by atoms with E-state index in [1.165, 1.54) is 6.33 Å². The summed E-state index contributed by atoms with van der Waals surface area (Å²) >= 11 is 0. The fourth-order valence-electron chi connectivity index (χ4n) is 1.54. The maximum absolute atomic E-state index is 11.9. The Morgan fingerprint density at radius 2 is 2.11 bits per heavy atom. The largest absolute Gasteiger partial charge is 0.389 e. The summed E-state index contributed by atoms with van der Waals surface area (Å²) < 4.78 is 37.4. The lowest BCUT2D eigenvalue weighted by atomic mass is 10.2. The zero-order valence-corrected chi connectivity index (χ0v) is 9.48. The molecule has 2 aromatic heterocycles. The molecule has 0 aromatic carbocycles. The van der Waals surface area contributed by atoms with Crippen LogP contribution in [0, 0.1) is 0 Å². The SMILES string of the molecule is FC(F)(F)CCCCNc1nccn2cnnc12. The minimum Gasteiger partial charge on any atom is -0.367 e. The van der Waals surface area contributed by atoms with Crippen LogP contribution in [0.5, 0.6) is 0 Å². The first-order valence-electron chi connectivity index (χ1n) is 5.51. The van der Waals surface area contributed by atoms with Gasteiger partial charge in [0.15, 0.2) is 5.82 Å². The standard InChI is InChI=1S/C10H12F3N5/c11-10(12,13)3-1-2-4-14-8-9-17-16-7-18(9)6-5-15-8/h5-7H,1-4H2,(H,14,15). The Kier molecular flexibility index (Phi) is 3.63. The summed E-state index contributed by atoms with van der Waals surface area (Å²) in [7, 11) is 0. The van der Waals surface area contributed by atoms with E-state index in [0.717, 1.165) is 0 Å². The second-order valence-electron chi connectivity index (χ2n) is 3.84. The van der Waals surface area contributed by atoms with Crippen molar-refractivity contribution in [1.82, 2.24) is 19.6 Å². The quantitative estimate of drug-likeness (QED) is 0.837. The van der Waals surface area contributed by atoms with Crippen molar-refractivity contribution in [3.63, 3.8) is 0 Å². The van der Waals surface area contributed by atoms with Gasteiger partial charge in [0.05, 0.1) is 0 Å². The van der Waals surface area contributed by atoms with E-state index in [9.17, 15) is 13.2 Å². The molecule has 0 atom stereocenters. The van der Waals surface area contributed by atoms with Gasteiger partial charge >= 0.3 is 6.18 Å². The molecular formula is C10H12F3N5. The number of halogens is 3. The van der Waals surface area contributed by atoms with E-state index in [4.69, 9.17) is 0 Å². The number of unbranched alkanes of at least 4 members (excludes halogenated alkanes) is 1. The molecule has 1 N–H and O–H groups in total. The van der Waals surface area contributed by atoms with Crippen molar-refractivity contribution >= 4 is 11.5 Å². The van der Waals surface area contributed by atoms with Gasteiger partial charge in [0, 0.05) is 25.4 Å². The first-order valence-corrected chi connectivity index (χ1v) is 5.51. The van der Waals surface area contributed by atoms with Gasteiger partial charge in [-0.05, 0) is 12.8 Å². The van der Waals surface area contributed by atoms with Crippen LogP contribution in [0.2, 0.25) is 0 Å². The normalized spacial score (nSPS) is 11.9. The van der Waals surface area contributed by atoms with Gasteiger partial charge in [-0.15, -0.1) is 10.2 Å². The molecule has 5 nitrogen and oxygen atoms in total. The summed E-state index contributed by atoms with van der Waals surface area (Å²) in [6.07, 6.45) is 0.510. The van der Waals surface area contributed by atoms with Crippen LogP contribution in [-0.2, 0) is 0 Å². The third kappa shape index (κ3) is 3.31. The third-order valence-corrected chi connectivity index (χ3v) is 2.40. The van der Waals surface area contributed by atoms with Crippen LogP contribution in [0.15, 0.2) is 18.7 Å². The molecule has 0 aliphatic carbocycles. The highest BCUT2D eigenvalue weighted by Gasteiger charge is 2.25. The number of nitrogens with zero attached hydrogens (tertiary/aromatic N) is 4. The van der Waals surface area contributed by atoms with Crippen LogP contribution in [0.3, 0.4) is 0 Å².